The van der Waals surface area contributed by atoms with Crippen LogP contribution in [-0.4, -0.2) is 37.0 Å². The molecule has 0 aromatic carbocycles. The molecule has 0 aromatic heterocycles. The number of halogens is 1. The van der Waals surface area contributed by atoms with Crippen molar-refractivity contribution in [1.29, 1.82) is 0 Å². The zero-order chi connectivity index (χ0) is 22.1. The first-order chi connectivity index (χ1) is 13.6. The molecule has 0 amide bonds. The molecule has 1 unspecified atom stereocenters. The fraction of sp³-hybridized carbons (Fsp3) is 0.440. The molecule has 160 valence electrons. The molecule has 29 heavy (non-hydrogen) atoms. The normalized spacial score (nSPS) is 18.0. The Balaban J connectivity index is 2.87. The molecule has 1 rings (SSSR count). The highest BCUT2D eigenvalue weighted by Crippen LogP contribution is 2.39. The third-order valence-corrected chi connectivity index (χ3v) is 6.89. The van der Waals surface area contributed by atoms with Crippen LogP contribution in [0.5, 0.6) is 0 Å². The van der Waals surface area contributed by atoms with Gasteiger partial charge in [-0.15, -0.1) is 0 Å². The molecule has 0 fully saturated rings. The van der Waals surface area contributed by atoms with Gasteiger partial charge in [0, 0.05) is 42.8 Å². The molecule has 2 nitrogen and oxygen atoms in total. The standard InChI is InChI=1S/C25H37ClN2S/c1-10-12-19(5)21(7)27(8)16-22(18(3)4)17-28(9)25-14-13-20(6)24(29-25)15-23(26)11-2/h10-12,14-15,18,22H,1,6-7,13,16-17H2,2-5,8-9H3. The molecule has 1 atom stereocenters. The summed E-state index contributed by atoms with van der Waals surface area (Å²) in [5.74, 6) is 1.07. The minimum absolute atomic E-state index is 0.511. The number of rotatable bonds is 10. The van der Waals surface area contributed by atoms with Crippen molar-refractivity contribution in [2.24, 2.45) is 11.8 Å². The van der Waals surface area contributed by atoms with E-state index in [1.54, 1.807) is 11.8 Å². The van der Waals surface area contributed by atoms with Crippen LogP contribution in [0.3, 0.4) is 0 Å². The lowest BCUT2D eigenvalue weighted by Gasteiger charge is -2.35. The second-order valence-corrected chi connectivity index (χ2v) is 9.43. The molecule has 4 heteroatoms. The Hall–Kier alpha value is -1.58. The zero-order valence-corrected chi connectivity index (χ0v) is 20.5. The molecule has 0 bridgehead atoms. The van der Waals surface area contributed by atoms with E-state index >= 15 is 0 Å². The summed E-state index contributed by atoms with van der Waals surface area (Å²) in [6.45, 7) is 22.8. The van der Waals surface area contributed by atoms with E-state index in [0.717, 1.165) is 46.3 Å². The van der Waals surface area contributed by atoms with Crippen LogP contribution in [0.15, 0.2) is 81.9 Å². The topological polar surface area (TPSA) is 6.48 Å². The van der Waals surface area contributed by atoms with Crippen molar-refractivity contribution in [1.82, 2.24) is 9.80 Å². The molecule has 1 heterocycles. The van der Waals surface area contributed by atoms with Crippen molar-refractivity contribution < 1.29 is 0 Å². The number of nitrogens with zero attached hydrogens (tertiary/aromatic N) is 2. The number of hydrogen-bond donors (Lipinski definition) is 0. The zero-order valence-electron chi connectivity index (χ0n) is 19.0. The Bertz CT molecular complexity index is 740. The molecule has 0 radical (unpaired) electrons. The Kier molecular flexibility index (Phi) is 10.7. The van der Waals surface area contributed by atoms with Crippen LogP contribution in [-0.2, 0) is 0 Å². The minimum atomic E-state index is 0.511. The Morgan fingerprint density at radius 3 is 2.52 bits per heavy atom. The molecule has 0 N–H and O–H groups in total. The average Bonchev–Trinajstić information content (AvgIpc) is 2.68. The molecular weight excluding hydrogens is 396 g/mol. The molecule has 0 saturated heterocycles. The van der Waals surface area contributed by atoms with Crippen LogP contribution in [0.4, 0.5) is 0 Å². The van der Waals surface area contributed by atoms with E-state index in [0.29, 0.717) is 11.8 Å². The lowest BCUT2D eigenvalue weighted by Crippen LogP contribution is -2.35. The van der Waals surface area contributed by atoms with Gasteiger partial charge in [0.05, 0.1) is 5.03 Å². The van der Waals surface area contributed by atoms with Crippen molar-refractivity contribution in [3.05, 3.63) is 81.9 Å². The number of hydrogen-bond acceptors (Lipinski definition) is 3. The van der Waals surface area contributed by atoms with E-state index < -0.39 is 0 Å². The highest BCUT2D eigenvalue weighted by atomic mass is 35.5. The summed E-state index contributed by atoms with van der Waals surface area (Å²) < 4.78 is 0. The highest BCUT2D eigenvalue weighted by molar-refractivity contribution is 8.07. The van der Waals surface area contributed by atoms with E-state index in [1.807, 2.05) is 31.2 Å². The van der Waals surface area contributed by atoms with E-state index in [9.17, 15) is 0 Å². The maximum absolute atomic E-state index is 6.22. The van der Waals surface area contributed by atoms with Crippen LogP contribution < -0.4 is 0 Å². The Labute approximate surface area is 188 Å². The van der Waals surface area contributed by atoms with Gasteiger partial charge in [0.2, 0.25) is 0 Å². The molecule has 0 saturated carbocycles. The van der Waals surface area contributed by atoms with Crippen LogP contribution in [0.2, 0.25) is 0 Å². The summed E-state index contributed by atoms with van der Waals surface area (Å²) >= 11 is 7.98. The second kappa shape index (κ2) is 12.2. The minimum Gasteiger partial charge on any atom is -0.375 e. The van der Waals surface area contributed by atoms with Crippen LogP contribution in [0.25, 0.3) is 0 Å². The van der Waals surface area contributed by atoms with Gasteiger partial charge in [-0.25, -0.2) is 0 Å². The summed E-state index contributed by atoms with van der Waals surface area (Å²) in [6.07, 6.45) is 10.9. The molecular formula is C25H37ClN2S. The van der Waals surface area contributed by atoms with Crippen LogP contribution in [0.1, 0.15) is 34.1 Å². The monoisotopic (exact) mass is 432 g/mol. The summed E-state index contributed by atoms with van der Waals surface area (Å²) in [5, 5.41) is 2.01. The van der Waals surface area contributed by atoms with Crippen molar-refractivity contribution >= 4 is 23.4 Å². The summed E-state index contributed by atoms with van der Waals surface area (Å²) in [7, 11) is 4.30. The van der Waals surface area contributed by atoms with Gasteiger partial charge in [0.1, 0.15) is 0 Å². The summed E-state index contributed by atoms with van der Waals surface area (Å²) in [6, 6.07) is 0. The fourth-order valence-corrected chi connectivity index (χ4v) is 4.28. The van der Waals surface area contributed by atoms with Crippen molar-refractivity contribution in [2.45, 2.75) is 34.1 Å². The molecule has 0 spiro atoms. The summed E-state index contributed by atoms with van der Waals surface area (Å²) in [5.41, 5.74) is 3.32. The van der Waals surface area contributed by atoms with E-state index in [1.165, 1.54) is 5.03 Å². The predicted molar refractivity (Wildman–Crippen MR) is 134 cm³/mol. The first-order valence-corrected chi connectivity index (χ1v) is 11.3. The number of likely N-dealkylation sites (N-methyl/N-ethyl adjacent to an activating group) is 1. The van der Waals surface area contributed by atoms with Gasteiger partial charge in [-0.3, -0.25) is 0 Å². The number of thioether (sulfide) groups is 1. The van der Waals surface area contributed by atoms with Gasteiger partial charge in [-0.1, -0.05) is 75.2 Å². The van der Waals surface area contributed by atoms with Gasteiger partial charge in [0.25, 0.3) is 0 Å². The van der Waals surface area contributed by atoms with E-state index in [2.05, 4.69) is 70.5 Å². The molecule has 1 aliphatic heterocycles. The third-order valence-electron chi connectivity index (χ3n) is 5.25. The van der Waals surface area contributed by atoms with Crippen molar-refractivity contribution in [3.8, 4) is 0 Å². The number of allylic oxidation sites excluding steroid dienone is 8. The predicted octanol–water partition coefficient (Wildman–Crippen LogP) is 7.33. The lowest BCUT2D eigenvalue weighted by atomic mass is 9.94. The quantitative estimate of drug-likeness (QED) is 0.333. The summed E-state index contributed by atoms with van der Waals surface area (Å²) in [4.78, 5) is 5.77. The second-order valence-electron chi connectivity index (χ2n) is 7.93. The van der Waals surface area contributed by atoms with Gasteiger partial charge in [-0.2, -0.15) is 0 Å². The van der Waals surface area contributed by atoms with Gasteiger partial charge >= 0.3 is 0 Å². The lowest BCUT2D eigenvalue weighted by molar-refractivity contribution is 0.227. The van der Waals surface area contributed by atoms with Crippen LogP contribution >= 0.6 is 23.4 Å². The molecule has 0 aliphatic carbocycles. The maximum atomic E-state index is 6.22. The average molecular weight is 433 g/mol. The molecule has 1 aliphatic rings. The highest BCUT2D eigenvalue weighted by Gasteiger charge is 2.22. The third kappa shape index (κ3) is 7.98. The van der Waals surface area contributed by atoms with Gasteiger partial charge < -0.3 is 9.80 Å². The SMILES string of the molecule is C=CC=C(C)C(=C)N(C)CC(CN(C)C1=CCC(=C)C(=CC(Cl)=CC)S1)C(C)C. The van der Waals surface area contributed by atoms with Crippen molar-refractivity contribution in [3.63, 3.8) is 0 Å². The maximum Gasteiger partial charge on any atom is 0.0716 e. The molecule has 0 aromatic rings. The first kappa shape index (κ1) is 25.5. The smallest absolute Gasteiger partial charge is 0.0716 e. The first-order valence-electron chi connectivity index (χ1n) is 10.1. The van der Waals surface area contributed by atoms with E-state index in [4.69, 9.17) is 11.6 Å². The largest absolute Gasteiger partial charge is 0.375 e. The van der Waals surface area contributed by atoms with Gasteiger partial charge in [-0.05, 0) is 55.4 Å². The van der Waals surface area contributed by atoms with Gasteiger partial charge in [0.15, 0.2) is 0 Å². The van der Waals surface area contributed by atoms with Crippen molar-refractivity contribution in [2.75, 3.05) is 27.2 Å². The van der Waals surface area contributed by atoms with Crippen LogP contribution in [0, 0.1) is 11.8 Å². The Morgan fingerprint density at radius 1 is 1.31 bits per heavy atom. The fourth-order valence-electron chi connectivity index (χ4n) is 3.07. The Morgan fingerprint density at radius 2 is 1.97 bits per heavy atom. The van der Waals surface area contributed by atoms with E-state index in [-0.39, 0.29) is 0 Å².